The van der Waals surface area contributed by atoms with Crippen molar-refractivity contribution < 1.29 is 30.6 Å². The van der Waals surface area contributed by atoms with Gasteiger partial charge in [-0.1, -0.05) is 13.8 Å². The second-order valence-corrected chi connectivity index (χ2v) is 21.0. The van der Waals surface area contributed by atoms with E-state index in [1.165, 1.54) is 48.8 Å². The predicted octanol–water partition coefficient (Wildman–Crippen LogP) is 14.6. The molecule has 0 fully saturated rings. The second-order valence-electron chi connectivity index (χ2n) is 14.1. The Morgan fingerprint density at radius 1 is 0.446 bits per heavy atom. The smallest absolute Gasteiger partial charge is 0.124 e. The maximum Gasteiger partial charge on any atom is 0.124 e. The summed E-state index contributed by atoms with van der Waals surface area (Å²) < 4.78 is 0. The zero-order valence-corrected chi connectivity index (χ0v) is 37.5. The summed E-state index contributed by atoms with van der Waals surface area (Å²) in [6, 6.07) is 37.7. The number of hydrogen-bond acceptors (Lipinski definition) is 10. The summed E-state index contributed by atoms with van der Waals surface area (Å²) in [7, 11) is 0. The van der Waals surface area contributed by atoms with Crippen LogP contribution in [0.5, 0.6) is 11.5 Å². The molecule has 0 atom stereocenters. The van der Waals surface area contributed by atoms with E-state index < -0.39 is 0 Å². The van der Waals surface area contributed by atoms with E-state index in [4.69, 9.17) is 9.98 Å². The Bertz CT molecular complexity index is 2660. The van der Waals surface area contributed by atoms with E-state index in [1.807, 2.05) is 58.3 Å². The van der Waals surface area contributed by atoms with E-state index >= 15 is 0 Å². The molecule has 56 heavy (non-hydrogen) atoms. The van der Waals surface area contributed by atoms with Crippen molar-refractivity contribution in [2.45, 2.75) is 27.7 Å². The molecule has 0 aliphatic heterocycles. The second kappa shape index (κ2) is 17.4. The Morgan fingerprint density at radius 3 is 1.09 bits per heavy atom. The first-order chi connectivity index (χ1) is 26.6. The predicted molar refractivity (Wildman–Crippen MR) is 244 cm³/mol. The Morgan fingerprint density at radius 2 is 0.750 bits per heavy atom. The summed E-state index contributed by atoms with van der Waals surface area (Å²) in [5.41, 5.74) is 3.25. The number of aliphatic imine (C=N–C) groups is 2. The minimum Gasteiger partial charge on any atom is -0.507 e. The van der Waals surface area contributed by atoms with Crippen molar-refractivity contribution in [2.24, 2.45) is 15.4 Å². The minimum atomic E-state index is -0.231. The summed E-state index contributed by atoms with van der Waals surface area (Å²) >= 11 is 10.8. The molecule has 0 saturated carbocycles. The molecule has 0 saturated heterocycles. The van der Waals surface area contributed by atoms with Crippen LogP contribution >= 0.6 is 68.0 Å². The van der Waals surface area contributed by atoms with Crippen molar-refractivity contribution in [3.05, 3.63) is 130 Å². The van der Waals surface area contributed by atoms with Gasteiger partial charge in [0.25, 0.3) is 0 Å². The summed E-state index contributed by atoms with van der Waals surface area (Å²) in [4.78, 5) is 24.6. The van der Waals surface area contributed by atoms with Crippen LogP contribution in [-0.2, 0) is 20.4 Å². The molecule has 11 heteroatoms. The van der Waals surface area contributed by atoms with Crippen molar-refractivity contribution in [3.63, 3.8) is 0 Å². The number of thiophene rings is 6. The maximum absolute atomic E-state index is 10.7. The van der Waals surface area contributed by atoms with Crippen LogP contribution in [0.25, 0.3) is 59.9 Å². The van der Waals surface area contributed by atoms with Crippen LogP contribution in [0.3, 0.4) is 0 Å². The van der Waals surface area contributed by atoms with Crippen LogP contribution in [-0.4, -0.2) is 35.7 Å². The van der Waals surface area contributed by atoms with Crippen LogP contribution in [0, 0.1) is 19.3 Å². The first kappa shape index (κ1) is 40.4. The van der Waals surface area contributed by atoms with Gasteiger partial charge in [-0.25, -0.2) is 0 Å². The molecule has 0 radical (unpaired) electrons. The maximum atomic E-state index is 10.7. The Kier molecular flexibility index (Phi) is 12.6. The molecule has 8 rings (SSSR count). The number of rotatable bonds is 12. The molecule has 8 aromatic rings. The van der Waals surface area contributed by atoms with Crippen LogP contribution in [0.1, 0.15) is 34.7 Å². The third kappa shape index (κ3) is 9.33. The fourth-order valence-electron chi connectivity index (χ4n) is 6.04. The van der Waals surface area contributed by atoms with Crippen LogP contribution < -0.4 is 0 Å². The minimum absolute atomic E-state index is 0. The zero-order chi connectivity index (χ0) is 38.1. The molecule has 0 aliphatic rings. The molecular formula is C45H38N2O2PdS6. The Labute approximate surface area is 365 Å². The normalized spacial score (nSPS) is 11.9. The van der Waals surface area contributed by atoms with Gasteiger partial charge in [0.2, 0.25) is 0 Å². The molecule has 2 N–H and O–H groups in total. The molecule has 0 spiro atoms. The van der Waals surface area contributed by atoms with Gasteiger partial charge in [-0.3, -0.25) is 9.98 Å². The van der Waals surface area contributed by atoms with Gasteiger partial charge in [-0.15, -0.1) is 68.0 Å². The Hall–Kier alpha value is -3.76. The van der Waals surface area contributed by atoms with Crippen molar-refractivity contribution >= 4 is 80.4 Å². The number of benzene rings is 2. The molecule has 6 heterocycles. The van der Waals surface area contributed by atoms with Crippen molar-refractivity contribution in [1.82, 2.24) is 0 Å². The number of nitrogens with zero attached hydrogens (tertiary/aromatic N) is 2. The van der Waals surface area contributed by atoms with Gasteiger partial charge in [0.15, 0.2) is 0 Å². The van der Waals surface area contributed by atoms with Crippen molar-refractivity contribution in [3.8, 4) is 71.4 Å². The number of phenols is 2. The molecule has 0 bridgehead atoms. The van der Waals surface area contributed by atoms with Gasteiger partial charge < -0.3 is 10.2 Å². The van der Waals surface area contributed by atoms with Crippen molar-refractivity contribution in [1.29, 1.82) is 0 Å². The van der Waals surface area contributed by atoms with E-state index in [0.29, 0.717) is 24.2 Å². The van der Waals surface area contributed by atoms with E-state index in [-0.39, 0.29) is 37.3 Å². The Balaban J connectivity index is 0.00000480. The first-order valence-corrected chi connectivity index (χ1v) is 22.7. The zero-order valence-electron chi connectivity index (χ0n) is 31.0. The van der Waals surface area contributed by atoms with E-state index in [1.54, 1.807) is 58.6 Å². The topological polar surface area (TPSA) is 65.2 Å². The van der Waals surface area contributed by atoms with E-state index in [2.05, 4.69) is 100 Å². The number of aromatic hydroxyl groups is 2. The summed E-state index contributed by atoms with van der Waals surface area (Å²) in [5, 5.41) is 21.3. The first-order valence-electron chi connectivity index (χ1n) is 17.8. The molecule has 4 nitrogen and oxygen atoms in total. The third-order valence-corrected chi connectivity index (χ3v) is 16.2. The summed E-state index contributed by atoms with van der Waals surface area (Å²) in [6.07, 6.45) is 3.52. The van der Waals surface area contributed by atoms with Gasteiger partial charge >= 0.3 is 0 Å². The fraction of sp³-hybridized carbons (Fsp3) is 0.156. The quantitative estimate of drug-likeness (QED) is 0.0947. The van der Waals surface area contributed by atoms with Gasteiger partial charge in [-0.2, -0.15) is 0 Å². The van der Waals surface area contributed by atoms with Crippen LogP contribution in [0.4, 0.5) is 0 Å². The molecule has 0 unspecified atom stereocenters. The number of hydrogen-bond donors (Lipinski definition) is 2. The van der Waals surface area contributed by atoms with E-state index in [0.717, 1.165) is 20.9 Å². The number of aryl methyl sites for hydroxylation is 2. The van der Waals surface area contributed by atoms with Gasteiger partial charge in [-0.05, 0) is 134 Å². The summed E-state index contributed by atoms with van der Waals surface area (Å²) in [6.45, 7) is 9.59. The molecule has 286 valence electrons. The molecule has 6 aromatic heterocycles. The fourth-order valence-corrected chi connectivity index (χ4v) is 12.2. The van der Waals surface area contributed by atoms with Gasteiger partial charge in [0.1, 0.15) is 11.5 Å². The average molecular weight is 938 g/mol. The largest absolute Gasteiger partial charge is 0.507 e. The standard InChI is InChI=1S/C45H38N2O2S6.Pd/c1-27-5-11-37(50-27)39-15-13-35(52-39)29-7-9-33(48)31(21-29)23-46-25-45(3,4)26-47-24-32-22-30(8-10-34(32)49)36-14-16-41(53-36)42-19-20-44(55-42)43-18-17-40(54-43)38-12-6-28(2)51-38;/h5-24,48-49H,25-26H2,1-4H3;. The van der Waals surface area contributed by atoms with Crippen molar-refractivity contribution in [2.75, 3.05) is 13.1 Å². The molecule has 0 amide bonds. The summed E-state index contributed by atoms with van der Waals surface area (Å²) in [5.74, 6) is 0.411. The molecule has 2 aromatic carbocycles. The molecular weight excluding hydrogens is 899 g/mol. The SMILES string of the molecule is Cc1ccc(-c2ccc(-c3ccc(O)c(C=NCC(C)(C)CN=Cc4cc(-c5ccc(-c6ccc(-c7ccc(-c8ccc(C)s8)s7)s6)s5)ccc4O)c3)s2)s1.[Pd]. The van der Waals surface area contributed by atoms with E-state index in [9.17, 15) is 10.2 Å². The third-order valence-electron chi connectivity index (χ3n) is 9.00. The van der Waals surface area contributed by atoms with Crippen LogP contribution in [0.2, 0.25) is 0 Å². The monoisotopic (exact) mass is 936 g/mol. The van der Waals surface area contributed by atoms with Gasteiger partial charge in [0, 0.05) is 121 Å². The average Bonchev–Trinajstić information content (AvgIpc) is 4.01. The molecule has 0 aliphatic carbocycles. The van der Waals surface area contributed by atoms with Gasteiger partial charge in [0.05, 0.1) is 0 Å². The van der Waals surface area contributed by atoms with Crippen LogP contribution in [0.15, 0.2) is 119 Å². The number of phenolic OH excluding ortho intramolecular Hbond substituents is 2.